The Morgan fingerprint density at radius 3 is 3.00 bits per heavy atom. The molecule has 2 aliphatic heterocycles. The summed E-state index contributed by atoms with van der Waals surface area (Å²) in [4.78, 5) is 11.0. The molecular weight excluding hydrogens is 132 g/mol. The van der Waals surface area contributed by atoms with Crippen molar-refractivity contribution in [3.8, 4) is 0 Å². The number of epoxide rings is 1. The Morgan fingerprint density at radius 2 is 2.60 bits per heavy atom. The molecule has 1 spiro atoms. The second-order valence-electron chi connectivity index (χ2n) is 2.79. The Morgan fingerprint density at radius 1 is 1.80 bits per heavy atom. The van der Waals surface area contributed by atoms with E-state index < -0.39 is 5.60 Å². The predicted octanol–water partition coefficient (Wildman–Crippen LogP) is 0.481. The van der Waals surface area contributed by atoms with Crippen LogP contribution >= 0.6 is 0 Å². The largest absolute Gasteiger partial charge is 0.463 e. The van der Waals surface area contributed by atoms with E-state index in [1.807, 2.05) is 6.92 Å². The van der Waals surface area contributed by atoms with Crippen molar-refractivity contribution in [3.63, 3.8) is 0 Å². The van der Waals surface area contributed by atoms with Crippen LogP contribution in [0.15, 0.2) is 0 Å². The molecule has 2 saturated heterocycles. The first-order chi connectivity index (χ1) is 4.79. The molecule has 0 N–H and O–H groups in total. The van der Waals surface area contributed by atoms with E-state index in [9.17, 15) is 4.79 Å². The van der Waals surface area contributed by atoms with Crippen molar-refractivity contribution >= 4 is 5.97 Å². The summed E-state index contributed by atoms with van der Waals surface area (Å²) < 4.78 is 10.1. The Labute approximate surface area is 59.3 Å². The zero-order valence-electron chi connectivity index (χ0n) is 5.92. The predicted molar refractivity (Wildman–Crippen MR) is 33.5 cm³/mol. The van der Waals surface area contributed by atoms with Gasteiger partial charge in [0.25, 0.3) is 0 Å². The molecular formula is C7H10O3. The first-order valence-electron chi connectivity index (χ1n) is 3.64. The van der Waals surface area contributed by atoms with Gasteiger partial charge in [-0.1, -0.05) is 6.92 Å². The number of hydrogen-bond acceptors (Lipinski definition) is 3. The molecule has 2 aliphatic rings. The molecule has 2 heterocycles. The van der Waals surface area contributed by atoms with Crippen LogP contribution in [-0.2, 0) is 14.3 Å². The van der Waals surface area contributed by atoms with E-state index in [2.05, 4.69) is 0 Å². The summed E-state index contributed by atoms with van der Waals surface area (Å²) in [6.07, 6.45) is 1.81. The van der Waals surface area contributed by atoms with Gasteiger partial charge in [-0.2, -0.15) is 0 Å². The van der Waals surface area contributed by atoms with Crippen molar-refractivity contribution in [3.05, 3.63) is 0 Å². The summed E-state index contributed by atoms with van der Waals surface area (Å²) in [6, 6.07) is 0. The number of rotatable bonds is 1. The lowest BCUT2D eigenvalue weighted by molar-refractivity contribution is -0.142. The summed E-state index contributed by atoms with van der Waals surface area (Å²) in [5.41, 5.74) is -0.491. The van der Waals surface area contributed by atoms with Crippen molar-refractivity contribution in [1.29, 1.82) is 0 Å². The highest BCUT2D eigenvalue weighted by Gasteiger charge is 2.65. The second kappa shape index (κ2) is 1.72. The highest BCUT2D eigenvalue weighted by molar-refractivity contribution is 5.85. The lowest BCUT2D eigenvalue weighted by Gasteiger charge is -1.93. The van der Waals surface area contributed by atoms with Gasteiger partial charge < -0.3 is 9.47 Å². The number of ether oxygens (including phenoxy) is 2. The number of esters is 1. The molecule has 2 atom stereocenters. The molecule has 0 aromatic carbocycles. The Hall–Kier alpha value is -0.570. The fourth-order valence-corrected chi connectivity index (χ4v) is 1.55. The van der Waals surface area contributed by atoms with Gasteiger partial charge in [0.1, 0.15) is 0 Å². The van der Waals surface area contributed by atoms with Crippen LogP contribution in [0.4, 0.5) is 0 Å². The van der Waals surface area contributed by atoms with Crippen molar-refractivity contribution in [1.82, 2.24) is 0 Å². The quantitative estimate of drug-likeness (QED) is 0.395. The number of carbonyl (C=O) groups is 1. The van der Waals surface area contributed by atoms with Crippen LogP contribution in [0.25, 0.3) is 0 Å². The van der Waals surface area contributed by atoms with Gasteiger partial charge in [0.05, 0.1) is 12.7 Å². The topological polar surface area (TPSA) is 38.8 Å². The lowest BCUT2D eigenvalue weighted by atomic mass is 10.0. The minimum atomic E-state index is -0.491. The molecule has 2 fully saturated rings. The minimum absolute atomic E-state index is 0.141. The van der Waals surface area contributed by atoms with E-state index >= 15 is 0 Å². The molecule has 2 rings (SSSR count). The van der Waals surface area contributed by atoms with Crippen LogP contribution < -0.4 is 0 Å². The molecule has 3 heteroatoms. The van der Waals surface area contributed by atoms with Gasteiger partial charge in [-0.3, -0.25) is 0 Å². The smallest absolute Gasteiger partial charge is 0.341 e. The van der Waals surface area contributed by atoms with E-state index in [0.29, 0.717) is 6.61 Å². The highest BCUT2D eigenvalue weighted by atomic mass is 16.7. The molecule has 3 nitrogen and oxygen atoms in total. The van der Waals surface area contributed by atoms with Crippen molar-refractivity contribution in [2.24, 2.45) is 0 Å². The van der Waals surface area contributed by atoms with Gasteiger partial charge in [0, 0.05) is 6.42 Å². The maximum absolute atomic E-state index is 11.0. The van der Waals surface area contributed by atoms with Gasteiger partial charge >= 0.3 is 5.97 Å². The van der Waals surface area contributed by atoms with Gasteiger partial charge in [-0.15, -0.1) is 0 Å². The molecule has 10 heavy (non-hydrogen) atoms. The third-order valence-corrected chi connectivity index (χ3v) is 2.24. The molecule has 0 bridgehead atoms. The normalized spacial score (nSPS) is 44.1. The molecule has 0 amide bonds. The van der Waals surface area contributed by atoms with Crippen molar-refractivity contribution < 1.29 is 14.3 Å². The van der Waals surface area contributed by atoms with Gasteiger partial charge in [0.2, 0.25) is 0 Å². The fourth-order valence-electron chi connectivity index (χ4n) is 1.55. The first kappa shape index (κ1) is 6.16. The first-order valence-corrected chi connectivity index (χ1v) is 3.64. The Balaban J connectivity index is 2.12. The standard InChI is InChI=1S/C7H10O3/c1-2-5-7(10-5)3-4-9-6(7)8/h5H,2-4H2,1H3/t5-,7-/m0/s1. The molecule has 0 aromatic heterocycles. The van der Waals surface area contributed by atoms with Crippen molar-refractivity contribution in [2.45, 2.75) is 31.5 Å². The molecule has 0 saturated carbocycles. The van der Waals surface area contributed by atoms with Gasteiger partial charge in [0.15, 0.2) is 5.60 Å². The minimum Gasteiger partial charge on any atom is -0.463 e. The lowest BCUT2D eigenvalue weighted by Crippen LogP contribution is -2.20. The number of carbonyl (C=O) groups excluding carboxylic acids is 1. The number of hydrogen-bond donors (Lipinski definition) is 0. The van der Waals surface area contributed by atoms with E-state index in [1.54, 1.807) is 0 Å². The van der Waals surface area contributed by atoms with Crippen LogP contribution in [0.3, 0.4) is 0 Å². The van der Waals surface area contributed by atoms with Crippen molar-refractivity contribution in [2.75, 3.05) is 6.61 Å². The zero-order valence-corrected chi connectivity index (χ0v) is 5.92. The van der Waals surface area contributed by atoms with Crippen LogP contribution in [0, 0.1) is 0 Å². The third-order valence-electron chi connectivity index (χ3n) is 2.24. The average Bonchev–Trinajstić information content (AvgIpc) is 2.52. The van der Waals surface area contributed by atoms with E-state index in [1.165, 1.54) is 0 Å². The molecule has 0 unspecified atom stereocenters. The van der Waals surface area contributed by atoms with Crippen LogP contribution in [0.5, 0.6) is 0 Å². The zero-order chi connectivity index (χ0) is 7.19. The average molecular weight is 142 g/mol. The second-order valence-corrected chi connectivity index (χ2v) is 2.79. The summed E-state index contributed by atoms with van der Waals surface area (Å²) in [5.74, 6) is -0.153. The maximum atomic E-state index is 11.0. The van der Waals surface area contributed by atoms with E-state index in [-0.39, 0.29) is 12.1 Å². The fraction of sp³-hybridized carbons (Fsp3) is 0.857. The van der Waals surface area contributed by atoms with Gasteiger partial charge in [-0.05, 0) is 6.42 Å². The third kappa shape index (κ3) is 0.560. The highest BCUT2D eigenvalue weighted by Crippen LogP contribution is 2.45. The molecule has 0 aromatic rings. The molecule has 56 valence electrons. The summed E-state index contributed by atoms with van der Waals surface area (Å²) in [5, 5.41) is 0. The molecule has 0 radical (unpaired) electrons. The van der Waals surface area contributed by atoms with Crippen LogP contribution in [0.2, 0.25) is 0 Å². The summed E-state index contributed by atoms with van der Waals surface area (Å²) in [7, 11) is 0. The Bertz CT molecular complexity index is 178. The maximum Gasteiger partial charge on any atom is 0.341 e. The number of cyclic esters (lactones) is 1. The van der Waals surface area contributed by atoms with Gasteiger partial charge in [-0.25, -0.2) is 4.79 Å². The monoisotopic (exact) mass is 142 g/mol. The van der Waals surface area contributed by atoms with E-state index in [4.69, 9.17) is 9.47 Å². The van der Waals surface area contributed by atoms with E-state index in [0.717, 1.165) is 12.8 Å². The summed E-state index contributed by atoms with van der Waals surface area (Å²) in [6.45, 7) is 2.56. The van der Waals surface area contributed by atoms with Crippen LogP contribution in [0.1, 0.15) is 19.8 Å². The van der Waals surface area contributed by atoms with Crippen LogP contribution in [-0.4, -0.2) is 24.3 Å². The Kier molecular flexibility index (Phi) is 1.06. The SMILES string of the molecule is CC[C@@H]1O[C@@]12CCOC2=O. The summed E-state index contributed by atoms with van der Waals surface area (Å²) >= 11 is 0. The molecule has 0 aliphatic carbocycles.